The molecule has 2 rings (SSSR count). The van der Waals surface area contributed by atoms with Gasteiger partial charge in [-0.25, -0.2) is 9.97 Å². The first-order valence-electron chi connectivity index (χ1n) is 7.19. The fraction of sp³-hybridized carbons (Fsp3) is 0.412. The molecule has 0 radical (unpaired) electrons. The average Bonchev–Trinajstić information content (AvgIpc) is 2.48. The zero-order valence-corrected chi connectivity index (χ0v) is 13.1. The van der Waals surface area contributed by atoms with E-state index in [-0.39, 0.29) is 11.6 Å². The maximum absolute atomic E-state index is 5.45. The fourth-order valence-electron chi connectivity index (χ4n) is 2.30. The molecular weight excluding hydrogens is 262 g/mol. The highest BCUT2D eigenvalue weighted by atomic mass is 16.5. The minimum absolute atomic E-state index is 0.142. The maximum atomic E-state index is 5.45. The molecule has 0 amide bonds. The summed E-state index contributed by atoms with van der Waals surface area (Å²) in [4.78, 5) is 8.83. The molecule has 0 saturated carbocycles. The van der Waals surface area contributed by atoms with Crippen LogP contribution in [0.3, 0.4) is 0 Å². The summed E-state index contributed by atoms with van der Waals surface area (Å²) in [6.07, 6.45) is 4.56. The molecule has 112 valence electrons. The number of benzene rings is 1. The van der Waals surface area contributed by atoms with Crippen LogP contribution in [0.2, 0.25) is 0 Å². The average molecular weight is 285 g/mol. The van der Waals surface area contributed by atoms with Crippen LogP contribution in [-0.2, 0) is 4.74 Å². The number of methoxy groups -OCH3 is 1. The van der Waals surface area contributed by atoms with E-state index in [1.165, 1.54) is 0 Å². The number of aromatic nitrogens is 2. The molecule has 0 aliphatic heterocycles. The van der Waals surface area contributed by atoms with Gasteiger partial charge >= 0.3 is 0 Å². The quantitative estimate of drug-likeness (QED) is 0.878. The second-order valence-electron chi connectivity index (χ2n) is 5.87. The molecule has 4 nitrogen and oxygen atoms in total. The minimum atomic E-state index is -0.142. The summed E-state index contributed by atoms with van der Waals surface area (Å²) in [7, 11) is 1.74. The SMILES string of the molecule is COC(C)(C)CC(C)Nc1cnc(-c2ccccc2)nc1. The lowest BCUT2D eigenvalue weighted by Crippen LogP contribution is -2.31. The molecule has 0 spiro atoms. The molecule has 21 heavy (non-hydrogen) atoms. The van der Waals surface area contributed by atoms with Crippen molar-refractivity contribution in [3.63, 3.8) is 0 Å². The zero-order chi connectivity index (χ0) is 15.3. The van der Waals surface area contributed by atoms with Crippen molar-refractivity contribution in [3.05, 3.63) is 42.7 Å². The van der Waals surface area contributed by atoms with E-state index in [0.29, 0.717) is 0 Å². The van der Waals surface area contributed by atoms with E-state index in [9.17, 15) is 0 Å². The van der Waals surface area contributed by atoms with E-state index >= 15 is 0 Å². The fourth-order valence-corrected chi connectivity index (χ4v) is 2.30. The third kappa shape index (κ3) is 4.53. The van der Waals surface area contributed by atoms with Crippen molar-refractivity contribution in [2.45, 2.75) is 38.8 Å². The first kappa shape index (κ1) is 15.4. The van der Waals surface area contributed by atoms with Crippen molar-refractivity contribution < 1.29 is 4.74 Å². The van der Waals surface area contributed by atoms with E-state index < -0.39 is 0 Å². The van der Waals surface area contributed by atoms with Gasteiger partial charge in [0.05, 0.1) is 23.7 Å². The predicted octanol–water partition coefficient (Wildman–Crippen LogP) is 3.76. The van der Waals surface area contributed by atoms with Crippen LogP contribution in [0, 0.1) is 0 Å². The first-order chi connectivity index (χ1) is 10.00. The van der Waals surface area contributed by atoms with Crippen LogP contribution in [0.5, 0.6) is 0 Å². The van der Waals surface area contributed by atoms with Crippen molar-refractivity contribution in [1.29, 1.82) is 0 Å². The van der Waals surface area contributed by atoms with Crippen molar-refractivity contribution in [3.8, 4) is 11.4 Å². The monoisotopic (exact) mass is 285 g/mol. The predicted molar refractivity (Wildman–Crippen MR) is 86.3 cm³/mol. The number of ether oxygens (including phenoxy) is 1. The molecule has 1 atom stereocenters. The van der Waals surface area contributed by atoms with Gasteiger partial charge in [-0.15, -0.1) is 0 Å². The van der Waals surface area contributed by atoms with Crippen LogP contribution in [0.25, 0.3) is 11.4 Å². The topological polar surface area (TPSA) is 47.0 Å². The lowest BCUT2D eigenvalue weighted by Gasteiger charge is -2.27. The summed E-state index contributed by atoms with van der Waals surface area (Å²) in [5.41, 5.74) is 1.81. The number of rotatable bonds is 6. The Hall–Kier alpha value is -1.94. The van der Waals surface area contributed by atoms with Gasteiger partial charge in [0.25, 0.3) is 0 Å². The second-order valence-corrected chi connectivity index (χ2v) is 5.87. The van der Waals surface area contributed by atoms with Gasteiger partial charge in [0.2, 0.25) is 0 Å². The lowest BCUT2D eigenvalue weighted by atomic mass is 10.00. The third-order valence-electron chi connectivity index (χ3n) is 3.45. The van der Waals surface area contributed by atoms with Crippen molar-refractivity contribution in [2.75, 3.05) is 12.4 Å². The highest BCUT2D eigenvalue weighted by Gasteiger charge is 2.20. The van der Waals surface area contributed by atoms with Gasteiger partial charge in [0.1, 0.15) is 0 Å². The number of hydrogen-bond acceptors (Lipinski definition) is 4. The Morgan fingerprint density at radius 2 is 1.76 bits per heavy atom. The van der Waals surface area contributed by atoms with Gasteiger partial charge in [0, 0.05) is 18.7 Å². The molecule has 0 bridgehead atoms. The molecule has 1 aromatic heterocycles. The molecule has 1 heterocycles. The highest BCUT2D eigenvalue weighted by Crippen LogP contribution is 2.19. The van der Waals surface area contributed by atoms with E-state index in [4.69, 9.17) is 4.74 Å². The molecule has 1 N–H and O–H groups in total. The standard InChI is InChI=1S/C17H23N3O/c1-13(10-17(2,3)21-4)20-15-11-18-16(19-12-15)14-8-6-5-7-9-14/h5-9,11-13,20H,10H2,1-4H3. The molecule has 0 fully saturated rings. The molecule has 4 heteroatoms. The van der Waals surface area contributed by atoms with Crippen molar-refractivity contribution >= 4 is 5.69 Å². The summed E-state index contributed by atoms with van der Waals surface area (Å²) in [5.74, 6) is 0.742. The van der Waals surface area contributed by atoms with Crippen molar-refractivity contribution in [2.24, 2.45) is 0 Å². The van der Waals surface area contributed by atoms with E-state index in [1.54, 1.807) is 7.11 Å². The second kappa shape index (κ2) is 6.68. The van der Waals surface area contributed by atoms with E-state index in [2.05, 4.69) is 36.1 Å². The molecule has 0 saturated heterocycles. The molecule has 0 aliphatic rings. The smallest absolute Gasteiger partial charge is 0.159 e. The Kier molecular flexibility index (Phi) is 4.91. The summed E-state index contributed by atoms with van der Waals surface area (Å²) >= 11 is 0. The molecule has 1 unspecified atom stereocenters. The summed E-state index contributed by atoms with van der Waals surface area (Å²) in [6.45, 7) is 6.30. The van der Waals surface area contributed by atoms with Crippen LogP contribution in [0.15, 0.2) is 42.7 Å². The van der Waals surface area contributed by atoms with E-state index in [1.807, 2.05) is 42.7 Å². The molecule has 0 aliphatic carbocycles. The number of nitrogens with one attached hydrogen (secondary N) is 1. The first-order valence-corrected chi connectivity index (χ1v) is 7.19. The molecule has 1 aromatic carbocycles. The Bertz CT molecular complexity index is 552. The van der Waals surface area contributed by atoms with Gasteiger partial charge in [-0.05, 0) is 27.2 Å². The largest absolute Gasteiger partial charge is 0.380 e. The zero-order valence-electron chi connectivity index (χ0n) is 13.1. The van der Waals surface area contributed by atoms with Gasteiger partial charge in [-0.1, -0.05) is 30.3 Å². The third-order valence-corrected chi connectivity index (χ3v) is 3.45. The maximum Gasteiger partial charge on any atom is 0.159 e. The summed E-state index contributed by atoms with van der Waals surface area (Å²) in [6, 6.07) is 10.3. The molecule has 2 aromatic rings. The van der Waals surface area contributed by atoms with Gasteiger partial charge in [-0.3, -0.25) is 0 Å². The van der Waals surface area contributed by atoms with Crippen LogP contribution >= 0.6 is 0 Å². The Morgan fingerprint density at radius 1 is 1.14 bits per heavy atom. The van der Waals surface area contributed by atoms with Gasteiger partial charge in [-0.2, -0.15) is 0 Å². The van der Waals surface area contributed by atoms with Crippen LogP contribution in [0.4, 0.5) is 5.69 Å². The van der Waals surface area contributed by atoms with Crippen LogP contribution in [-0.4, -0.2) is 28.7 Å². The lowest BCUT2D eigenvalue weighted by molar-refractivity contribution is 0.0128. The number of nitrogens with zero attached hydrogens (tertiary/aromatic N) is 2. The Balaban J connectivity index is 2.00. The van der Waals surface area contributed by atoms with Crippen LogP contribution < -0.4 is 5.32 Å². The van der Waals surface area contributed by atoms with Crippen molar-refractivity contribution in [1.82, 2.24) is 9.97 Å². The van der Waals surface area contributed by atoms with Crippen LogP contribution in [0.1, 0.15) is 27.2 Å². The number of anilines is 1. The van der Waals surface area contributed by atoms with E-state index in [0.717, 1.165) is 23.5 Å². The summed E-state index contributed by atoms with van der Waals surface area (Å²) in [5, 5.41) is 3.41. The normalized spacial score (nSPS) is 13.0. The highest BCUT2D eigenvalue weighted by molar-refractivity contribution is 5.55. The van der Waals surface area contributed by atoms with Gasteiger partial charge < -0.3 is 10.1 Å². The van der Waals surface area contributed by atoms with Gasteiger partial charge in [0.15, 0.2) is 5.82 Å². The minimum Gasteiger partial charge on any atom is -0.380 e. The Morgan fingerprint density at radius 3 is 2.33 bits per heavy atom. The Labute approximate surface area is 126 Å². The summed E-state index contributed by atoms with van der Waals surface area (Å²) < 4.78 is 5.45. The number of hydrogen-bond donors (Lipinski definition) is 1. The molecular formula is C17H23N3O.